The van der Waals surface area contributed by atoms with Crippen LogP contribution in [-0.2, 0) is 11.2 Å². The van der Waals surface area contributed by atoms with Crippen molar-refractivity contribution < 1.29 is 19.8 Å². The number of carboxylic acid groups (broad SMARTS) is 1. The standard InChI is InChI=1S/C23H22N2O4/c1-23(2,29)12-11-15-7-3-4-9-18(15)21(26)25-20(22(27)28)13-16-14-24-19-10-6-5-8-17(16)19/h3-10,14,20,24,29H,13H2,1-2H3,(H,25,26)(H,27,28). The molecule has 1 aromatic heterocycles. The van der Waals surface area contributed by atoms with Crippen LogP contribution in [0.1, 0.15) is 35.3 Å². The van der Waals surface area contributed by atoms with Gasteiger partial charge >= 0.3 is 5.97 Å². The fraction of sp³-hybridized carbons (Fsp3) is 0.217. The van der Waals surface area contributed by atoms with Gasteiger partial charge in [0.1, 0.15) is 11.6 Å². The monoisotopic (exact) mass is 390 g/mol. The Labute approximate surface area is 168 Å². The lowest BCUT2D eigenvalue weighted by molar-refractivity contribution is -0.139. The van der Waals surface area contributed by atoms with Crippen LogP contribution in [0.3, 0.4) is 0 Å². The molecule has 3 aromatic rings. The maximum absolute atomic E-state index is 12.8. The predicted octanol–water partition coefficient (Wildman–Crippen LogP) is 2.72. The Hall–Kier alpha value is -3.56. The number of hydrogen-bond acceptors (Lipinski definition) is 3. The number of aromatic nitrogens is 1. The van der Waals surface area contributed by atoms with Crippen LogP contribution < -0.4 is 5.32 Å². The number of H-pyrrole nitrogens is 1. The Morgan fingerprint density at radius 3 is 2.55 bits per heavy atom. The molecule has 1 amide bonds. The first-order valence-corrected chi connectivity index (χ1v) is 9.18. The van der Waals surface area contributed by atoms with Crippen molar-refractivity contribution in [1.82, 2.24) is 10.3 Å². The number of aliphatic carboxylic acids is 1. The van der Waals surface area contributed by atoms with Gasteiger partial charge in [-0.15, -0.1) is 0 Å². The zero-order valence-electron chi connectivity index (χ0n) is 16.2. The first-order chi connectivity index (χ1) is 13.7. The second kappa shape index (κ2) is 8.21. The molecule has 3 rings (SSSR count). The lowest BCUT2D eigenvalue weighted by Gasteiger charge is -2.15. The average Bonchev–Trinajstić information content (AvgIpc) is 3.08. The van der Waals surface area contributed by atoms with E-state index in [-0.39, 0.29) is 12.0 Å². The van der Waals surface area contributed by atoms with Crippen LogP contribution in [0, 0.1) is 11.8 Å². The molecule has 0 saturated carbocycles. The molecule has 0 fully saturated rings. The molecule has 0 aliphatic heterocycles. The van der Waals surface area contributed by atoms with Crippen LogP contribution >= 0.6 is 0 Å². The summed E-state index contributed by atoms with van der Waals surface area (Å²) in [5.74, 6) is 3.81. The van der Waals surface area contributed by atoms with E-state index in [0.29, 0.717) is 5.56 Å². The zero-order chi connectivity index (χ0) is 21.0. The van der Waals surface area contributed by atoms with Gasteiger partial charge in [0.15, 0.2) is 0 Å². The molecule has 6 nitrogen and oxygen atoms in total. The molecule has 0 aliphatic rings. The third-order valence-electron chi connectivity index (χ3n) is 4.38. The number of carbonyl (C=O) groups is 2. The Balaban J connectivity index is 1.84. The van der Waals surface area contributed by atoms with Gasteiger partial charge in [-0.1, -0.05) is 42.2 Å². The van der Waals surface area contributed by atoms with Crippen LogP contribution in [-0.4, -0.2) is 38.7 Å². The summed E-state index contributed by atoms with van der Waals surface area (Å²) < 4.78 is 0. The summed E-state index contributed by atoms with van der Waals surface area (Å²) in [6.07, 6.45) is 1.90. The number of rotatable bonds is 5. The van der Waals surface area contributed by atoms with Crippen LogP contribution in [0.15, 0.2) is 54.7 Å². The summed E-state index contributed by atoms with van der Waals surface area (Å²) in [4.78, 5) is 27.7. The van der Waals surface area contributed by atoms with Crippen LogP contribution in [0.5, 0.6) is 0 Å². The van der Waals surface area contributed by atoms with E-state index in [9.17, 15) is 19.8 Å². The van der Waals surface area contributed by atoms with Gasteiger partial charge in [0.2, 0.25) is 0 Å². The quantitative estimate of drug-likeness (QED) is 0.503. The minimum atomic E-state index is -1.21. The number of carbonyl (C=O) groups excluding carboxylic acids is 1. The molecule has 0 saturated heterocycles. The van der Waals surface area contributed by atoms with E-state index in [1.807, 2.05) is 24.3 Å². The summed E-state index contributed by atoms with van der Waals surface area (Å²) >= 11 is 0. The Morgan fingerprint density at radius 2 is 1.83 bits per heavy atom. The molecular formula is C23H22N2O4. The molecule has 0 radical (unpaired) electrons. The van der Waals surface area contributed by atoms with Crippen molar-refractivity contribution in [3.05, 3.63) is 71.4 Å². The highest BCUT2D eigenvalue weighted by molar-refractivity contribution is 5.99. The zero-order valence-corrected chi connectivity index (χ0v) is 16.2. The minimum Gasteiger partial charge on any atom is -0.480 e. The fourth-order valence-electron chi connectivity index (χ4n) is 2.97. The van der Waals surface area contributed by atoms with Crippen molar-refractivity contribution in [2.75, 3.05) is 0 Å². The first kappa shape index (κ1) is 20.2. The SMILES string of the molecule is CC(C)(O)C#Cc1ccccc1C(=O)NC(Cc1c[nH]c2ccccc12)C(=O)O. The summed E-state index contributed by atoms with van der Waals surface area (Å²) in [5.41, 5.74) is 1.19. The smallest absolute Gasteiger partial charge is 0.326 e. The lowest BCUT2D eigenvalue weighted by Crippen LogP contribution is -2.42. The van der Waals surface area contributed by atoms with E-state index < -0.39 is 23.5 Å². The van der Waals surface area contributed by atoms with Crippen molar-refractivity contribution in [3.8, 4) is 11.8 Å². The molecule has 0 bridgehead atoms. The highest BCUT2D eigenvalue weighted by atomic mass is 16.4. The van der Waals surface area contributed by atoms with Crippen molar-refractivity contribution in [3.63, 3.8) is 0 Å². The number of hydrogen-bond donors (Lipinski definition) is 4. The maximum atomic E-state index is 12.8. The normalized spacial score (nSPS) is 12.1. The van der Waals surface area contributed by atoms with E-state index in [4.69, 9.17) is 0 Å². The molecule has 2 aromatic carbocycles. The molecular weight excluding hydrogens is 368 g/mol. The van der Waals surface area contributed by atoms with Crippen LogP contribution in [0.2, 0.25) is 0 Å². The number of benzene rings is 2. The van der Waals surface area contributed by atoms with E-state index in [2.05, 4.69) is 22.1 Å². The molecule has 6 heteroatoms. The van der Waals surface area contributed by atoms with Gasteiger partial charge in [-0.25, -0.2) is 4.79 Å². The maximum Gasteiger partial charge on any atom is 0.326 e. The molecule has 1 unspecified atom stereocenters. The molecule has 1 atom stereocenters. The number of fused-ring (bicyclic) bond motifs is 1. The fourth-order valence-corrected chi connectivity index (χ4v) is 2.97. The van der Waals surface area contributed by atoms with Gasteiger partial charge in [-0.05, 0) is 37.6 Å². The molecule has 0 spiro atoms. The number of aromatic amines is 1. The topological polar surface area (TPSA) is 102 Å². The van der Waals surface area contributed by atoms with Gasteiger partial charge in [0.25, 0.3) is 5.91 Å². The van der Waals surface area contributed by atoms with Gasteiger partial charge < -0.3 is 20.5 Å². The number of carboxylic acids is 1. The van der Waals surface area contributed by atoms with Gasteiger partial charge in [-0.2, -0.15) is 0 Å². The summed E-state index contributed by atoms with van der Waals surface area (Å²) in [5, 5.41) is 22.9. The van der Waals surface area contributed by atoms with Gasteiger partial charge in [0, 0.05) is 29.1 Å². The summed E-state index contributed by atoms with van der Waals surface area (Å²) in [6, 6.07) is 13.1. The number of nitrogens with one attached hydrogen (secondary N) is 2. The molecule has 29 heavy (non-hydrogen) atoms. The third-order valence-corrected chi connectivity index (χ3v) is 4.38. The highest BCUT2D eigenvalue weighted by Gasteiger charge is 2.23. The Bertz CT molecular complexity index is 1110. The second-order valence-electron chi connectivity index (χ2n) is 7.28. The minimum absolute atomic E-state index is 0.141. The third kappa shape index (κ3) is 5.03. The number of aliphatic hydroxyl groups is 1. The van der Waals surface area contributed by atoms with Gasteiger partial charge in [0.05, 0.1) is 5.56 Å². The van der Waals surface area contributed by atoms with E-state index >= 15 is 0 Å². The second-order valence-corrected chi connectivity index (χ2v) is 7.28. The molecule has 1 heterocycles. The van der Waals surface area contributed by atoms with E-state index in [1.54, 1.807) is 44.3 Å². The molecule has 148 valence electrons. The number of para-hydroxylation sites is 1. The van der Waals surface area contributed by atoms with Crippen molar-refractivity contribution in [2.24, 2.45) is 0 Å². The number of amides is 1. The highest BCUT2D eigenvalue weighted by Crippen LogP contribution is 2.19. The lowest BCUT2D eigenvalue weighted by atomic mass is 10.0. The van der Waals surface area contributed by atoms with Crippen molar-refractivity contribution >= 4 is 22.8 Å². The largest absolute Gasteiger partial charge is 0.480 e. The predicted molar refractivity (Wildman–Crippen MR) is 111 cm³/mol. The molecule has 4 N–H and O–H groups in total. The van der Waals surface area contributed by atoms with Crippen molar-refractivity contribution in [2.45, 2.75) is 31.9 Å². The van der Waals surface area contributed by atoms with Gasteiger partial charge in [-0.3, -0.25) is 4.79 Å². The summed E-state index contributed by atoms with van der Waals surface area (Å²) in [6.45, 7) is 3.09. The van der Waals surface area contributed by atoms with E-state index in [1.165, 1.54) is 0 Å². The van der Waals surface area contributed by atoms with E-state index in [0.717, 1.165) is 16.5 Å². The average molecular weight is 390 g/mol. The van der Waals surface area contributed by atoms with Crippen LogP contribution in [0.4, 0.5) is 0 Å². The summed E-state index contributed by atoms with van der Waals surface area (Å²) in [7, 11) is 0. The van der Waals surface area contributed by atoms with Crippen LogP contribution in [0.25, 0.3) is 10.9 Å². The molecule has 0 aliphatic carbocycles. The first-order valence-electron chi connectivity index (χ1n) is 9.18. The Kier molecular flexibility index (Phi) is 5.71. The Morgan fingerprint density at radius 1 is 1.14 bits per heavy atom. The van der Waals surface area contributed by atoms with Crippen molar-refractivity contribution in [1.29, 1.82) is 0 Å².